The number of likely N-dealkylation sites (N-methyl/N-ethyl adjacent to an activating group) is 1. The van der Waals surface area contributed by atoms with E-state index in [2.05, 4.69) is 12.6 Å². The van der Waals surface area contributed by atoms with Gasteiger partial charge in [0.25, 0.3) is 5.69 Å². The summed E-state index contributed by atoms with van der Waals surface area (Å²) in [6, 6.07) is 5.17. The van der Waals surface area contributed by atoms with Crippen LogP contribution in [0.15, 0.2) is 24.3 Å². The number of nitro groups is 1. The summed E-state index contributed by atoms with van der Waals surface area (Å²) in [5, 5.41) is 10.5. The normalized spacial score (nSPS) is 19.9. The van der Waals surface area contributed by atoms with E-state index < -0.39 is 17.1 Å². The van der Waals surface area contributed by atoms with Gasteiger partial charge < -0.3 is 9.64 Å². The summed E-state index contributed by atoms with van der Waals surface area (Å²) in [6.45, 7) is 0.319. The van der Waals surface area contributed by atoms with Crippen LogP contribution in [0.1, 0.15) is 12.0 Å². The van der Waals surface area contributed by atoms with Gasteiger partial charge in [-0.1, -0.05) is 0 Å². The molecule has 8 nitrogen and oxygen atoms in total. The zero-order valence-corrected chi connectivity index (χ0v) is 14.3. The molecule has 0 spiro atoms. The Labute approximate surface area is 144 Å². The predicted molar refractivity (Wildman–Crippen MR) is 89.9 cm³/mol. The first kappa shape index (κ1) is 18.1. The fourth-order valence-electron chi connectivity index (χ4n) is 2.49. The van der Waals surface area contributed by atoms with Crippen LogP contribution in [0.25, 0.3) is 0 Å². The summed E-state index contributed by atoms with van der Waals surface area (Å²) in [5.74, 6) is -0.168. The van der Waals surface area contributed by atoms with Crippen molar-refractivity contribution in [3.63, 3.8) is 0 Å². The molecular formula is C15H19N3O5S. The SMILES string of the molecule is [14CH3]N([14CH3])C(=O)[C@@H]1C[C@H](S)CN1C(=O)OCc1ccc([N+](=O)[O-])cc1. The van der Waals surface area contributed by atoms with E-state index in [4.69, 9.17) is 4.74 Å². The number of hydrogen-bond acceptors (Lipinski definition) is 6. The Balaban J connectivity index is 1.98. The van der Waals surface area contributed by atoms with Crippen molar-refractivity contribution >= 4 is 30.3 Å². The van der Waals surface area contributed by atoms with Gasteiger partial charge >= 0.3 is 6.09 Å². The second-order valence-electron chi connectivity index (χ2n) is 5.77. The summed E-state index contributed by atoms with van der Waals surface area (Å²) >= 11 is 4.35. The lowest BCUT2D eigenvalue weighted by Crippen LogP contribution is -2.45. The number of amides is 2. The average molecular weight is 357 g/mol. The highest BCUT2D eigenvalue weighted by molar-refractivity contribution is 7.81. The van der Waals surface area contributed by atoms with Crippen LogP contribution in [-0.2, 0) is 16.1 Å². The number of ether oxygens (including phenoxy) is 1. The van der Waals surface area contributed by atoms with Crippen LogP contribution in [-0.4, -0.2) is 58.7 Å². The minimum absolute atomic E-state index is 0.0204. The molecule has 1 aromatic rings. The summed E-state index contributed by atoms with van der Waals surface area (Å²) in [6.07, 6.45) is -0.114. The molecule has 0 unspecified atom stereocenters. The summed E-state index contributed by atoms with van der Waals surface area (Å²) < 4.78 is 5.23. The molecule has 1 heterocycles. The molecule has 2 amide bonds. The second-order valence-corrected chi connectivity index (χ2v) is 6.50. The fraction of sp³-hybridized carbons (Fsp3) is 0.467. The van der Waals surface area contributed by atoms with Gasteiger partial charge in [0.05, 0.1) is 4.92 Å². The molecular weight excluding hydrogens is 338 g/mol. The number of likely N-dealkylation sites (tertiary alicyclic amines) is 1. The number of nitro benzene ring substituents is 1. The van der Waals surface area contributed by atoms with Crippen molar-refractivity contribution in [2.45, 2.75) is 24.3 Å². The molecule has 130 valence electrons. The van der Waals surface area contributed by atoms with E-state index in [0.717, 1.165) is 0 Å². The van der Waals surface area contributed by atoms with Gasteiger partial charge in [-0.25, -0.2) is 4.79 Å². The molecule has 0 N–H and O–H groups in total. The van der Waals surface area contributed by atoms with Crippen LogP contribution in [0, 0.1) is 10.1 Å². The molecule has 1 aromatic carbocycles. The van der Waals surface area contributed by atoms with Crippen molar-refractivity contribution in [1.82, 2.24) is 9.80 Å². The maximum absolute atomic E-state index is 12.3. The highest BCUT2D eigenvalue weighted by Gasteiger charge is 2.39. The van der Waals surface area contributed by atoms with Crippen LogP contribution >= 0.6 is 12.6 Å². The third-order valence-corrected chi connectivity index (χ3v) is 4.12. The zero-order valence-electron chi connectivity index (χ0n) is 13.4. The molecule has 1 fully saturated rings. The van der Waals surface area contributed by atoms with E-state index in [1.807, 2.05) is 0 Å². The number of nitrogens with zero attached hydrogens (tertiary/aromatic N) is 3. The van der Waals surface area contributed by atoms with Crippen molar-refractivity contribution in [2.24, 2.45) is 0 Å². The second kappa shape index (κ2) is 7.52. The maximum atomic E-state index is 12.3. The Bertz CT molecular complexity index is 635. The molecule has 1 saturated heterocycles. The number of carbonyl (C=O) groups is 2. The number of rotatable bonds is 4. The van der Waals surface area contributed by atoms with Gasteiger partial charge in [0.1, 0.15) is 12.6 Å². The fourth-order valence-corrected chi connectivity index (χ4v) is 2.87. The molecule has 0 aromatic heterocycles. The van der Waals surface area contributed by atoms with E-state index in [1.165, 1.54) is 34.1 Å². The third-order valence-electron chi connectivity index (χ3n) is 3.75. The summed E-state index contributed by atoms with van der Waals surface area (Å²) in [4.78, 5) is 37.4. The lowest BCUT2D eigenvalue weighted by atomic mass is 10.2. The minimum atomic E-state index is -0.592. The van der Waals surface area contributed by atoms with Gasteiger partial charge in [0, 0.05) is 38.0 Å². The van der Waals surface area contributed by atoms with Crippen LogP contribution in [0.5, 0.6) is 0 Å². The van der Waals surface area contributed by atoms with Crippen LogP contribution < -0.4 is 0 Å². The standard InChI is InChI=1S/C15H19N3O5S/c1-16(2)14(19)13-7-12(24)8-17(13)15(20)23-9-10-3-5-11(6-4-10)18(21)22/h3-6,12-13,24H,7-9H2,1-2H3/t12-,13-/m0/s1/i1+2,2+2. The first-order valence-corrected chi connectivity index (χ1v) is 7.87. The van der Waals surface area contributed by atoms with Crippen molar-refractivity contribution in [1.29, 1.82) is 0 Å². The van der Waals surface area contributed by atoms with Crippen LogP contribution in [0.4, 0.5) is 10.5 Å². The highest BCUT2D eigenvalue weighted by Crippen LogP contribution is 2.24. The van der Waals surface area contributed by atoms with Crippen molar-refractivity contribution < 1.29 is 19.2 Å². The first-order chi connectivity index (χ1) is 11.3. The van der Waals surface area contributed by atoms with E-state index >= 15 is 0 Å². The molecule has 2 rings (SSSR count). The molecule has 9 heteroatoms. The molecule has 1 aliphatic heterocycles. The summed E-state index contributed by atoms with van der Waals surface area (Å²) in [7, 11) is 3.27. The number of carbonyl (C=O) groups excluding carboxylic acids is 2. The van der Waals surface area contributed by atoms with E-state index in [1.54, 1.807) is 14.1 Å². The van der Waals surface area contributed by atoms with E-state index in [-0.39, 0.29) is 23.5 Å². The maximum Gasteiger partial charge on any atom is 0.410 e. The number of non-ortho nitro benzene ring substituents is 1. The van der Waals surface area contributed by atoms with Gasteiger partial charge in [0.15, 0.2) is 0 Å². The van der Waals surface area contributed by atoms with Gasteiger partial charge in [-0.05, 0) is 24.1 Å². The number of hydrogen-bond donors (Lipinski definition) is 1. The first-order valence-electron chi connectivity index (χ1n) is 7.35. The Kier molecular flexibility index (Phi) is 5.66. The quantitative estimate of drug-likeness (QED) is 0.503. The Morgan fingerprint density at radius 3 is 2.54 bits per heavy atom. The molecule has 0 bridgehead atoms. The van der Waals surface area contributed by atoms with E-state index in [0.29, 0.717) is 18.5 Å². The smallest absolute Gasteiger partial charge is 0.410 e. The Morgan fingerprint density at radius 2 is 2.00 bits per heavy atom. The van der Waals surface area contributed by atoms with Gasteiger partial charge in [-0.3, -0.25) is 19.8 Å². The average Bonchev–Trinajstić information content (AvgIpc) is 2.94. The molecule has 24 heavy (non-hydrogen) atoms. The van der Waals surface area contributed by atoms with Crippen LogP contribution in [0.3, 0.4) is 0 Å². The van der Waals surface area contributed by atoms with Gasteiger partial charge in [-0.15, -0.1) is 0 Å². The molecule has 0 saturated carbocycles. The predicted octanol–water partition coefficient (Wildman–Crippen LogP) is 1.69. The monoisotopic (exact) mass is 357 g/mol. The van der Waals surface area contributed by atoms with Crippen molar-refractivity contribution in [2.75, 3.05) is 20.6 Å². The minimum Gasteiger partial charge on any atom is -0.445 e. The van der Waals surface area contributed by atoms with E-state index in [9.17, 15) is 19.7 Å². The number of benzene rings is 1. The van der Waals surface area contributed by atoms with Crippen molar-refractivity contribution in [3.8, 4) is 0 Å². The Hall–Kier alpha value is -2.29. The molecule has 1 aliphatic rings. The Morgan fingerprint density at radius 1 is 1.38 bits per heavy atom. The number of thiol groups is 1. The topological polar surface area (TPSA) is 93.0 Å². The van der Waals surface area contributed by atoms with Gasteiger partial charge in [0.2, 0.25) is 5.91 Å². The van der Waals surface area contributed by atoms with Gasteiger partial charge in [-0.2, -0.15) is 12.6 Å². The lowest BCUT2D eigenvalue weighted by molar-refractivity contribution is -0.384. The summed E-state index contributed by atoms with van der Waals surface area (Å²) in [5.41, 5.74) is 0.602. The highest BCUT2D eigenvalue weighted by atomic mass is 32.1. The molecule has 2 atom stereocenters. The third kappa shape index (κ3) is 4.16. The molecule has 0 radical (unpaired) electrons. The zero-order chi connectivity index (χ0) is 17.9. The van der Waals surface area contributed by atoms with Crippen LogP contribution in [0.2, 0.25) is 0 Å². The lowest BCUT2D eigenvalue weighted by Gasteiger charge is -2.25. The molecule has 0 aliphatic carbocycles. The van der Waals surface area contributed by atoms with Crippen molar-refractivity contribution in [3.05, 3.63) is 39.9 Å². The largest absolute Gasteiger partial charge is 0.445 e.